The molecule has 0 aliphatic heterocycles. The number of hydrogen-bond donors (Lipinski definition) is 0. The van der Waals surface area contributed by atoms with Crippen LogP contribution in [0.25, 0.3) is 46.4 Å². The molecule has 0 radical (unpaired) electrons. The maximum atomic E-state index is 4.52. The number of aromatic nitrogens is 2. The van der Waals surface area contributed by atoms with Crippen molar-refractivity contribution in [3.05, 3.63) is 196 Å². The lowest BCUT2D eigenvalue weighted by molar-refractivity contribution is 0.928. The predicted molar refractivity (Wildman–Crippen MR) is 207 cm³/mol. The quantitative estimate of drug-likeness (QED) is 0.178. The summed E-state index contributed by atoms with van der Waals surface area (Å²) >= 11 is 0. The van der Waals surface area contributed by atoms with E-state index in [1.807, 2.05) is 0 Å². The van der Waals surface area contributed by atoms with Gasteiger partial charge in [0.25, 0.3) is 0 Å². The van der Waals surface area contributed by atoms with Gasteiger partial charge in [-0.15, -0.1) is 0 Å². The van der Waals surface area contributed by atoms with Crippen molar-refractivity contribution in [3.63, 3.8) is 0 Å². The molecule has 3 nitrogen and oxygen atoms in total. The first kappa shape index (κ1) is 30.0. The summed E-state index contributed by atoms with van der Waals surface area (Å²) in [6, 6.07) is 55.9. The fourth-order valence-electron chi connectivity index (χ4n) is 6.99. The maximum absolute atomic E-state index is 4.52. The Bertz CT molecular complexity index is 2630. The molecular formula is C46H37N3. The molecule has 0 aliphatic rings. The van der Waals surface area contributed by atoms with Crippen molar-refractivity contribution in [2.45, 2.75) is 13.8 Å². The molecule has 236 valence electrons. The van der Waals surface area contributed by atoms with Crippen LogP contribution in [0.4, 0.5) is 17.1 Å². The summed E-state index contributed by atoms with van der Waals surface area (Å²) in [6.45, 7) is 13.3. The second-order valence-electron chi connectivity index (χ2n) is 12.5. The first-order valence-electron chi connectivity index (χ1n) is 16.7. The lowest BCUT2D eigenvalue weighted by Gasteiger charge is -2.27. The van der Waals surface area contributed by atoms with Gasteiger partial charge in [-0.2, -0.15) is 0 Å². The molecule has 0 amide bonds. The molecule has 0 saturated carbocycles. The van der Waals surface area contributed by atoms with Gasteiger partial charge in [-0.3, -0.25) is 0 Å². The molecule has 0 unspecified atom stereocenters. The molecule has 49 heavy (non-hydrogen) atoms. The van der Waals surface area contributed by atoms with E-state index < -0.39 is 0 Å². The van der Waals surface area contributed by atoms with E-state index in [1.54, 1.807) is 0 Å². The summed E-state index contributed by atoms with van der Waals surface area (Å²) in [5, 5.41) is 6.56. The van der Waals surface area contributed by atoms with Crippen LogP contribution in [-0.2, 0) is 0 Å². The Balaban J connectivity index is 1.19. The van der Waals surface area contributed by atoms with Crippen molar-refractivity contribution in [2.75, 3.05) is 4.90 Å². The van der Waals surface area contributed by atoms with Crippen LogP contribution in [0.3, 0.4) is 0 Å². The predicted octanol–water partition coefficient (Wildman–Crippen LogP) is 10.3. The molecule has 0 fully saturated rings. The van der Waals surface area contributed by atoms with Gasteiger partial charge in [0.2, 0.25) is 0 Å². The van der Waals surface area contributed by atoms with Gasteiger partial charge in [0.1, 0.15) is 0 Å². The zero-order valence-corrected chi connectivity index (χ0v) is 27.8. The highest BCUT2D eigenvalue weighted by atomic mass is 15.1. The summed E-state index contributed by atoms with van der Waals surface area (Å²) in [6.07, 6.45) is 2.11. The fourth-order valence-corrected chi connectivity index (χ4v) is 6.99. The fraction of sp³-hybridized carbons (Fsp3) is 0.0435. The number of rotatable bonds is 6. The largest absolute Gasteiger partial charge is 0.315 e. The van der Waals surface area contributed by atoms with Crippen LogP contribution in [0.2, 0.25) is 0 Å². The van der Waals surface area contributed by atoms with Crippen molar-refractivity contribution < 1.29 is 0 Å². The Morgan fingerprint density at radius 1 is 0.510 bits per heavy atom. The first-order chi connectivity index (χ1) is 24.0. The van der Waals surface area contributed by atoms with E-state index in [0.29, 0.717) is 0 Å². The molecule has 3 heteroatoms. The Kier molecular flexibility index (Phi) is 7.58. The van der Waals surface area contributed by atoms with Crippen molar-refractivity contribution in [2.24, 2.45) is 0 Å². The van der Waals surface area contributed by atoms with E-state index in [9.17, 15) is 0 Å². The maximum Gasteiger partial charge on any atom is 0.0775 e. The normalized spacial score (nSPS) is 12.0. The van der Waals surface area contributed by atoms with E-state index in [0.717, 1.165) is 60.7 Å². The smallest absolute Gasteiger partial charge is 0.0775 e. The summed E-state index contributed by atoms with van der Waals surface area (Å²) < 4.78 is 4.55. The number of fused-ring (bicyclic) bond motifs is 1. The highest BCUT2D eigenvalue weighted by molar-refractivity contribution is 5.98. The van der Waals surface area contributed by atoms with Crippen molar-refractivity contribution in [1.29, 1.82) is 0 Å². The Hall–Kier alpha value is -6.32. The number of benzene rings is 6. The van der Waals surface area contributed by atoms with Gasteiger partial charge in [-0.25, -0.2) is 0 Å². The van der Waals surface area contributed by atoms with E-state index in [2.05, 4.69) is 205 Å². The van der Waals surface area contributed by atoms with Crippen molar-refractivity contribution in [3.8, 4) is 22.5 Å². The van der Waals surface area contributed by atoms with Gasteiger partial charge >= 0.3 is 0 Å². The van der Waals surface area contributed by atoms with Gasteiger partial charge in [-0.05, 0) is 107 Å². The third-order valence-corrected chi connectivity index (χ3v) is 9.68. The lowest BCUT2D eigenvalue weighted by atomic mass is 10.0. The minimum Gasteiger partial charge on any atom is -0.315 e. The molecule has 0 aliphatic carbocycles. The lowest BCUT2D eigenvalue weighted by Crippen LogP contribution is -2.11. The SMILES string of the molecule is C=c1ccn(-c2ccc(-c3ccc(N(c4ccccc4)c4cccc5ccccc45)cc3)cc2)/c1=c1/c(=C)c(C)c(C)n1-c1ccccc1. The first-order valence-corrected chi connectivity index (χ1v) is 16.7. The Morgan fingerprint density at radius 3 is 1.82 bits per heavy atom. The zero-order valence-electron chi connectivity index (χ0n) is 27.8. The summed E-state index contributed by atoms with van der Waals surface area (Å²) in [5.74, 6) is 0. The van der Waals surface area contributed by atoms with Crippen LogP contribution in [0.15, 0.2) is 164 Å². The second-order valence-corrected chi connectivity index (χ2v) is 12.5. The topological polar surface area (TPSA) is 13.1 Å². The molecule has 2 aromatic heterocycles. The molecule has 0 N–H and O–H groups in total. The summed E-state index contributed by atoms with van der Waals surface area (Å²) in [7, 11) is 0. The molecule has 6 aromatic carbocycles. The van der Waals surface area contributed by atoms with E-state index in [4.69, 9.17) is 0 Å². The number of hydrogen-bond acceptors (Lipinski definition) is 1. The minimum atomic E-state index is 0.966. The third-order valence-electron chi connectivity index (χ3n) is 9.68. The van der Waals surface area contributed by atoms with Crippen LogP contribution >= 0.6 is 0 Å². The van der Waals surface area contributed by atoms with Crippen molar-refractivity contribution >= 4 is 41.0 Å². The third kappa shape index (κ3) is 5.26. The van der Waals surface area contributed by atoms with Gasteiger partial charge in [0.15, 0.2) is 0 Å². The van der Waals surface area contributed by atoms with Crippen molar-refractivity contribution in [1.82, 2.24) is 9.13 Å². The molecule has 0 spiro atoms. The minimum absolute atomic E-state index is 0.966. The highest BCUT2D eigenvalue weighted by Gasteiger charge is 2.16. The van der Waals surface area contributed by atoms with Crippen LogP contribution in [0.5, 0.6) is 0 Å². The van der Waals surface area contributed by atoms with Gasteiger partial charge in [0, 0.05) is 40.0 Å². The number of para-hydroxylation sites is 2. The molecule has 0 atom stereocenters. The summed E-state index contributed by atoms with van der Waals surface area (Å²) in [4.78, 5) is 2.34. The zero-order chi connectivity index (χ0) is 33.5. The van der Waals surface area contributed by atoms with Gasteiger partial charge in [0.05, 0.1) is 16.4 Å². The Morgan fingerprint density at radius 2 is 1.10 bits per heavy atom. The van der Waals surface area contributed by atoms with Gasteiger partial charge in [-0.1, -0.05) is 110 Å². The number of nitrogens with zero attached hydrogens (tertiary/aromatic N) is 3. The molecule has 8 aromatic rings. The molecule has 0 saturated heterocycles. The van der Waals surface area contributed by atoms with Crippen LogP contribution in [-0.4, -0.2) is 9.13 Å². The van der Waals surface area contributed by atoms with E-state index in [1.165, 1.54) is 22.0 Å². The molecule has 0 bridgehead atoms. The summed E-state index contributed by atoms with van der Waals surface area (Å²) in [5.41, 5.74) is 10.3. The van der Waals surface area contributed by atoms with E-state index in [-0.39, 0.29) is 0 Å². The van der Waals surface area contributed by atoms with Crippen LogP contribution in [0, 0.1) is 24.5 Å². The van der Waals surface area contributed by atoms with Gasteiger partial charge < -0.3 is 14.0 Å². The average molecular weight is 632 g/mol. The monoisotopic (exact) mass is 631 g/mol. The van der Waals surface area contributed by atoms with Crippen LogP contribution in [0.1, 0.15) is 11.3 Å². The Labute approximate surface area is 286 Å². The van der Waals surface area contributed by atoms with Crippen LogP contribution < -0.4 is 15.3 Å². The molecule has 8 rings (SSSR count). The average Bonchev–Trinajstić information content (AvgIpc) is 3.64. The number of anilines is 3. The highest BCUT2D eigenvalue weighted by Crippen LogP contribution is 2.39. The molecule has 2 heterocycles. The molecular weight excluding hydrogens is 595 g/mol. The second kappa shape index (κ2) is 12.4. The van der Waals surface area contributed by atoms with E-state index >= 15 is 0 Å². The standard InChI is InChI=1S/C46H37N3/c1-32-30-31-47(45(32)46-34(3)33(2)35(4)48(46)40-16-7-5-8-17-40)39-26-22-36(23-27-39)37-24-28-42(29-25-37)49(41-18-9-6-10-19-41)44-21-13-15-38-14-11-12-20-43(38)44/h5-31H,1,3H2,2,4H3/b46-45-.